The first-order valence-electron chi connectivity index (χ1n) is 6.36. The molecule has 0 aromatic heterocycles. The summed E-state index contributed by atoms with van der Waals surface area (Å²) in [6.07, 6.45) is 0. The molecule has 0 aliphatic rings. The van der Waals surface area contributed by atoms with Crippen molar-refractivity contribution in [1.82, 2.24) is 0 Å². The molecular formula is C12H6F6O4S2Si2. The maximum absolute atomic E-state index is 12.6. The number of benzene rings is 2. The van der Waals surface area contributed by atoms with E-state index in [-0.39, 0.29) is 10.8 Å². The SMILES string of the molecule is O=S(=O)([Si]c1cccc2cccc([Si]S(=O)(=O)C(F)(F)F)c12)C(F)(F)F. The molecule has 0 saturated carbocycles. The number of hydrogen-bond donors (Lipinski definition) is 0. The van der Waals surface area contributed by atoms with Gasteiger partial charge in [0.05, 0.1) is 0 Å². The Bertz CT molecular complexity index is 965. The van der Waals surface area contributed by atoms with Gasteiger partial charge in [-0.3, -0.25) is 0 Å². The van der Waals surface area contributed by atoms with Gasteiger partial charge in [0.15, 0.2) is 0 Å². The predicted molar refractivity (Wildman–Crippen MR) is 84.7 cm³/mol. The quantitative estimate of drug-likeness (QED) is 0.521. The maximum Gasteiger partial charge on any atom is 0.490 e. The molecule has 140 valence electrons. The summed E-state index contributed by atoms with van der Waals surface area (Å²) in [5.41, 5.74) is -11.1. The Morgan fingerprint density at radius 3 is 1.31 bits per heavy atom. The molecule has 14 heteroatoms. The summed E-state index contributed by atoms with van der Waals surface area (Å²) in [6, 6.07) is 7.16. The molecule has 0 bridgehead atoms. The van der Waals surface area contributed by atoms with E-state index in [1.165, 1.54) is 24.3 Å². The van der Waals surface area contributed by atoms with Crippen LogP contribution in [0.4, 0.5) is 26.3 Å². The molecule has 0 heterocycles. The average Bonchev–Trinajstić information content (AvgIpc) is 2.44. The highest BCUT2D eigenvalue weighted by Crippen LogP contribution is 2.25. The van der Waals surface area contributed by atoms with Gasteiger partial charge in [0, 0.05) is 0 Å². The lowest BCUT2D eigenvalue weighted by molar-refractivity contribution is -0.0420. The molecule has 2 rings (SSSR count). The molecule has 0 N–H and O–H groups in total. The highest BCUT2D eigenvalue weighted by atomic mass is 32.4. The third-order valence-electron chi connectivity index (χ3n) is 3.00. The minimum Gasteiger partial charge on any atom is -0.227 e. The van der Waals surface area contributed by atoms with Gasteiger partial charge in [-0.15, -0.1) is 0 Å². The van der Waals surface area contributed by atoms with Crippen LogP contribution < -0.4 is 10.4 Å². The number of halogens is 6. The van der Waals surface area contributed by atoms with E-state index >= 15 is 0 Å². The van der Waals surface area contributed by atoms with Gasteiger partial charge in [0.1, 0.15) is 0 Å². The van der Waals surface area contributed by atoms with Crippen LogP contribution in [0.3, 0.4) is 0 Å². The molecule has 0 aliphatic carbocycles. The van der Waals surface area contributed by atoms with Crippen LogP contribution in [0.25, 0.3) is 10.8 Å². The minimum atomic E-state index is -5.57. The molecule has 26 heavy (non-hydrogen) atoms. The lowest BCUT2D eigenvalue weighted by Gasteiger charge is -2.13. The topological polar surface area (TPSA) is 68.3 Å². The largest absolute Gasteiger partial charge is 0.490 e. The zero-order valence-corrected chi connectivity index (χ0v) is 15.8. The Morgan fingerprint density at radius 2 is 1.00 bits per heavy atom. The molecular weight excluding hydrogens is 442 g/mol. The highest BCUT2D eigenvalue weighted by Gasteiger charge is 2.47. The van der Waals surface area contributed by atoms with Crippen molar-refractivity contribution < 1.29 is 43.2 Å². The van der Waals surface area contributed by atoms with Crippen molar-refractivity contribution in [3.63, 3.8) is 0 Å². The van der Waals surface area contributed by atoms with Crippen LogP contribution in [0.1, 0.15) is 0 Å². The van der Waals surface area contributed by atoms with Crippen LogP contribution in [-0.2, 0) is 18.6 Å². The van der Waals surface area contributed by atoms with Gasteiger partial charge in [0.25, 0.3) is 17.3 Å². The lowest BCUT2D eigenvalue weighted by Crippen LogP contribution is -2.39. The van der Waals surface area contributed by atoms with Gasteiger partial charge in [-0.05, 0) is 21.1 Å². The first kappa shape index (κ1) is 20.9. The second kappa shape index (κ2) is 6.65. The van der Waals surface area contributed by atoms with Gasteiger partial charge < -0.3 is 0 Å². The molecule has 4 nitrogen and oxygen atoms in total. The zero-order valence-electron chi connectivity index (χ0n) is 12.2. The predicted octanol–water partition coefficient (Wildman–Crippen LogP) is 1.20. The van der Waals surface area contributed by atoms with E-state index in [9.17, 15) is 43.2 Å². The van der Waals surface area contributed by atoms with Crippen LogP contribution in [-0.4, -0.2) is 45.2 Å². The number of rotatable bonds is 4. The van der Waals surface area contributed by atoms with Gasteiger partial charge in [-0.25, -0.2) is 16.8 Å². The minimum absolute atomic E-state index is 0.134. The van der Waals surface area contributed by atoms with Crippen LogP contribution in [0, 0.1) is 0 Å². The molecule has 0 atom stereocenters. The lowest BCUT2D eigenvalue weighted by atomic mass is 10.1. The molecule has 2 aromatic carbocycles. The van der Waals surface area contributed by atoms with Crippen molar-refractivity contribution in [2.45, 2.75) is 11.0 Å². The summed E-state index contributed by atoms with van der Waals surface area (Å²) >= 11 is 0. The van der Waals surface area contributed by atoms with E-state index in [1.54, 1.807) is 0 Å². The van der Waals surface area contributed by atoms with Crippen LogP contribution in [0.5, 0.6) is 0 Å². The molecule has 0 spiro atoms. The first-order valence-corrected chi connectivity index (χ1v) is 12.8. The molecule has 2 aromatic rings. The zero-order chi connectivity index (χ0) is 20.0. The van der Waals surface area contributed by atoms with Crippen molar-refractivity contribution in [1.29, 1.82) is 0 Å². The van der Waals surface area contributed by atoms with Crippen LogP contribution >= 0.6 is 0 Å². The Morgan fingerprint density at radius 1 is 0.654 bits per heavy atom. The highest BCUT2D eigenvalue weighted by molar-refractivity contribution is 8.17. The second-order valence-electron chi connectivity index (χ2n) is 4.81. The van der Waals surface area contributed by atoms with Crippen molar-refractivity contribution >= 4 is 57.1 Å². The Kier molecular flexibility index (Phi) is 5.35. The summed E-state index contributed by atoms with van der Waals surface area (Å²) < 4.78 is 121. The summed E-state index contributed by atoms with van der Waals surface area (Å²) in [4.78, 5) is 0. The fraction of sp³-hybridized carbons (Fsp3) is 0.167. The van der Waals surface area contributed by atoms with Crippen molar-refractivity contribution in [3.05, 3.63) is 36.4 Å². The second-order valence-corrected chi connectivity index (χ2v) is 13.7. The third kappa shape index (κ3) is 4.12. The first-order chi connectivity index (χ1) is 11.7. The fourth-order valence-corrected chi connectivity index (χ4v) is 7.39. The smallest absolute Gasteiger partial charge is 0.227 e. The van der Waals surface area contributed by atoms with E-state index in [4.69, 9.17) is 0 Å². The Hall–Kier alpha value is -1.39. The van der Waals surface area contributed by atoms with Crippen molar-refractivity contribution in [3.8, 4) is 0 Å². The van der Waals surface area contributed by atoms with Crippen molar-refractivity contribution in [2.24, 2.45) is 0 Å². The van der Waals surface area contributed by atoms with E-state index in [0.29, 0.717) is 0 Å². The van der Waals surface area contributed by atoms with Gasteiger partial charge in [-0.2, -0.15) is 26.3 Å². The summed E-state index contributed by atoms with van der Waals surface area (Å²) in [5.74, 6) is 0. The molecule has 0 fully saturated rings. The molecule has 0 saturated heterocycles. The third-order valence-corrected chi connectivity index (χ3v) is 10.4. The van der Waals surface area contributed by atoms with Gasteiger partial charge in [0.2, 0.25) is 18.6 Å². The van der Waals surface area contributed by atoms with E-state index in [1.807, 2.05) is 0 Å². The Balaban J connectivity index is 2.65. The monoisotopic (exact) mass is 448 g/mol. The van der Waals surface area contributed by atoms with E-state index < -0.39 is 57.3 Å². The molecule has 4 radical (unpaired) electrons. The van der Waals surface area contributed by atoms with E-state index in [2.05, 4.69) is 0 Å². The summed E-state index contributed by atoms with van der Waals surface area (Å²) in [5, 5.41) is -0.914. The number of fused-ring (bicyclic) bond motifs is 1. The average molecular weight is 448 g/mol. The molecule has 0 aliphatic heterocycles. The Labute approximate surface area is 148 Å². The standard InChI is InChI=1S/C12H6F6O4S2Si2/c13-11(14,15)23(19,20)25-8-5-1-3-7-4-2-6-9(10(7)8)26-24(21,22)12(16,17)18/h1-6H. The number of hydrogen-bond acceptors (Lipinski definition) is 4. The summed E-state index contributed by atoms with van der Waals surface area (Å²) in [7, 11) is -14.8. The maximum atomic E-state index is 12.6. The normalized spacial score (nSPS) is 13.9. The number of alkyl halides is 6. The van der Waals surface area contributed by atoms with Gasteiger partial charge in [-0.1, -0.05) is 36.4 Å². The van der Waals surface area contributed by atoms with Crippen molar-refractivity contribution in [2.75, 3.05) is 0 Å². The van der Waals surface area contributed by atoms with Gasteiger partial charge >= 0.3 is 11.0 Å². The fourth-order valence-electron chi connectivity index (χ4n) is 1.92. The summed E-state index contributed by atoms with van der Waals surface area (Å²) in [6.45, 7) is 0. The van der Waals surface area contributed by atoms with E-state index in [0.717, 1.165) is 12.1 Å². The molecule has 0 amide bonds. The van der Waals surface area contributed by atoms with Crippen LogP contribution in [0.2, 0.25) is 0 Å². The molecule has 0 unspecified atom stereocenters. The van der Waals surface area contributed by atoms with Crippen LogP contribution in [0.15, 0.2) is 36.4 Å².